The average Bonchev–Trinajstić information content (AvgIpc) is 3.36. The number of para-hydroxylation sites is 1. The molecule has 6 nitrogen and oxygen atoms in total. The lowest BCUT2D eigenvalue weighted by Crippen LogP contribution is -2.04. The van der Waals surface area contributed by atoms with Crippen LogP contribution in [0.2, 0.25) is 0 Å². The maximum absolute atomic E-state index is 10.7. The Morgan fingerprint density at radius 3 is 2.64 bits per heavy atom. The smallest absolute Gasteiger partial charge is 0.277 e. The van der Waals surface area contributed by atoms with E-state index in [9.17, 15) is 10.4 Å². The molecule has 2 aromatic heterocycles. The number of allylic oxidation sites excluding steroid dienone is 1. The Morgan fingerprint density at radius 1 is 1.14 bits per heavy atom. The van der Waals surface area contributed by atoms with Gasteiger partial charge in [-0.2, -0.15) is 5.26 Å². The number of aliphatic hydroxyl groups excluding tert-OH is 1. The number of aliphatic hydroxyl groups is 1. The molecule has 0 fully saturated rings. The molecular weight excluding hydrogens is 392 g/mol. The molecule has 0 aliphatic rings. The summed E-state index contributed by atoms with van der Waals surface area (Å²) in [6.45, 7) is 1.77. The van der Waals surface area contributed by atoms with E-state index in [1.54, 1.807) is 6.92 Å². The molecule has 0 saturated heterocycles. The van der Waals surface area contributed by atoms with Gasteiger partial charge < -0.3 is 9.52 Å². The molecule has 0 saturated carbocycles. The highest BCUT2D eigenvalue weighted by atomic mass is 32.2. The van der Waals surface area contributed by atoms with Gasteiger partial charge in [0.25, 0.3) is 5.22 Å². The molecule has 0 spiro atoms. The summed E-state index contributed by atoms with van der Waals surface area (Å²) in [5, 5.41) is 28.7. The van der Waals surface area contributed by atoms with Crippen LogP contribution < -0.4 is 0 Å². The topological polar surface area (TPSA) is 95.8 Å². The van der Waals surface area contributed by atoms with E-state index in [0.29, 0.717) is 16.1 Å². The average molecular weight is 406 g/mol. The zero-order valence-corrected chi connectivity index (χ0v) is 16.4. The van der Waals surface area contributed by atoms with Crippen molar-refractivity contribution in [1.82, 2.24) is 15.2 Å². The zero-order chi connectivity index (χ0) is 19.5. The third-order valence-corrected chi connectivity index (χ3v) is 5.96. The minimum absolute atomic E-state index is 0.0639. The van der Waals surface area contributed by atoms with Gasteiger partial charge in [0.15, 0.2) is 0 Å². The molecule has 28 heavy (non-hydrogen) atoms. The second kappa shape index (κ2) is 7.84. The molecule has 0 amide bonds. The summed E-state index contributed by atoms with van der Waals surface area (Å²) < 4.78 is 6.63. The third kappa shape index (κ3) is 3.63. The lowest BCUT2D eigenvalue weighted by molar-refractivity contribution is 0.400. The molecule has 4 rings (SSSR count). The Hall–Kier alpha value is -3.15. The van der Waals surface area contributed by atoms with Gasteiger partial charge >= 0.3 is 0 Å². The van der Waals surface area contributed by atoms with Gasteiger partial charge in [0.05, 0.1) is 15.5 Å². The monoisotopic (exact) mass is 406 g/mol. The first-order valence-electron chi connectivity index (χ1n) is 8.40. The molecule has 0 radical (unpaired) electrons. The van der Waals surface area contributed by atoms with Crippen molar-refractivity contribution in [3.63, 3.8) is 0 Å². The van der Waals surface area contributed by atoms with Crippen molar-refractivity contribution in [2.75, 3.05) is 0 Å². The normalized spacial score (nSPS) is 13.1. The van der Waals surface area contributed by atoms with Gasteiger partial charge in [0.1, 0.15) is 22.4 Å². The highest BCUT2D eigenvalue weighted by Crippen LogP contribution is 2.33. The number of nitriles is 1. The molecule has 0 aliphatic carbocycles. The van der Waals surface area contributed by atoms with Crippen LogP contribution in [0.5, 0.6) is 0 Å². The quantitative estimate of drug-likeness (QED) is 0.272. The minimum Gasteiger partial charge on any atom is -0.510 e. The number of aromatic nitrogens is 3. The molecule has 2 aromatic carbocycles. The second-order valence-corrected chi connectivity index (χ2v) is 8.18. The molecule has 1 N–H and O–H groups in total. The van der Waals surface area contributed by atoms with Gasteiger partial charge in [-0.05, 0) is 31.2 Å². The van der Waals surface area contributed by atoms with Gasteiger partial charge in [-0.1, -0.05) is 42.1 Å². The number of fused-ring (bicyclic) bond motifs is 1. The highest BCUT2D eigenvalue weighted by molar-refractivity contribution is 7.99. The number of thiazole rings is 1. The number of hydrogen-bond donors (Lipinski definition) is 1. The summed E-state index contributed by atoms with van der Waals surface area (Å²) in [5.41, 5.74) is 1.78. The van der Waals surface area contributed by atoms with Crippen molar-refractivity contribution in [1.29, 1.82) is 5.26 Å². The lowest BCUT2D eigenvalue weighted by Gasteiger charge is -2.08. The van der Waals surface area contributed by atoms with Crippen LogP contribution in [0.15, 0.2) is 70.0 Å². The van der Waals surface area contributed by atoms with Crippen LogP contribution in [0.3, 0.4) is 0 Å². The second-order valence-electron chi connectivity index (χ2n) is 5.86. The van der Waals surface area contributed by atoms with Crippen LogP contribution in [0, 0.1) is 11.3 Å². The number of benzene rings is 2. The van der Waals surface area contributed by atoms with Crippen molar-refractivity contribution in [3.05, 3.63) is 65.4 Å². The summed E-state index contributed by atoms with van der Waals surface area (Å²) in [7, 11) is 0. The van der Waals surface area contributed by atoms with Gasteiger partial charge in [-0.15, -0.1) is 21.5 Å². The fraction of sp³-hybridized carbons (Fsp3) is 0.100. The molecule has 0 bridgehead atoms. The van der Waals surface area contributed by atoms with Crippen molar-refractivity contribution in [2.45, 2.75) is 17.4 Å². The number of rotatable bonds is 5. The first-order valence-corrected chi connectivity index (χ1v) is 10.1. The molecule has 138 valence electrons. The van der Waals surface area contributed by atoms with Gasteiger partial charge in [0, 0.05) is 5.56 Å². The predicted octanol–water partition coefficient (Wildman–Crippen LogP) is 5.32. The van der Waals surface area contributed by atoms with Crippen LogP contribution in [0.4, 0.5) is 0 Å². The lowest BCUT2D eigenvalue weighted by atomic mass is 10.2. The van der Waals surface area contributed by atoms with Gasteiger partial charge in [0.2, 0.25) is 5.89 Å². The van der Waals surface area contributed by atoms with E-state index < -0.39 is 5.25 Å². The summed E-state index contributed by atoms with van der Waals surface area (Å²) in [4.78, 5) is 4.46. The Balaban J connectivity index is 1.58. The maximum Gasteiger partial charge on any atom is 0.277 e. The van der Waals surface area contributed by atoms with Gasteiger partial charge in [-0.3, -0.25) is 0 Å². The van der Waals surface area contributed by atoms with Crippen molar-refractivity contribution in [2.24, 2.45) is 0 Å². The summed E-state index contributed by atoms with van der Waals surface area (Å²) in [6, 6.07) is 19.1. The third-order valence-electron chi connectivity index (χ3n) is 3.97. The fourth-order valence-electron chi connectivity index (χ4n) is 2.56. The number of thioether (sulfide) groups is 1. The van der Waals surface area contributed by atoms with E-state index >= 15 is 0 Å². The van der Waals surface area contributed by atoms with Gasteiger partial charge in [-0.25, -0.2) is 4.98 Å². The molecule has 2 heterocycles. The summed E-state index contributed by atoms with van der Waals surface area (Å²) in [5.74, 6) is 0.344. The van der Waals surface area contributed by atoms with Crippen molar-refractivity contribution in [3.8, 4) is 17.5 Å². The molecule has 1 atom stereocenters. The van der Waals surface area contributed by atoms with Crippen LogP contribution in [0.1, 0.15) is 11.9 Å². The Morgan fingerprint density at radius 2 is 1.89 bits per heavy atom. The van der Waals surface area contributed by atoms with E-state index in [1.165, 1.54) is 23.1 Å². The van der Waals surface area contributed by atoms with E-state index in [1.807, 2.05) is 54.6 Å². The molecule has 1 unspecified atom stereocenters. The largest absolute Gasteiger partial charge is 0.510 e. The van der Waals surface area contributed by atoms with Crippen molar-refractivity contribution >= 4 is 38.9 Å². The first-order chi connectivity index (χ1) is 13.7. The number of hydrogen-bond acceptors (Lipinski definition) is 8. The Bertz CT molecular complexity index is 1160. The van der Waals surface area contributed by atoms with E-state index in [4.69, 9.17) is 4.42 Å². The molecule has 0 aliphatic heterocycles. The summed E-state index contributed by atoms with van der Waals surface area (Å²) >= 11 is 2.56. The molecular formula is C20H14N4O2S2. The minimum atomic E-state index is -0.453. The molecule has 4 aromatic rings. The van der Waals surface area contributed by atoms with E-state index in [-0.39, 0.29) is 11.3 Å². The van der Waals surface area contributed by atoms with Crippen LogP contribution in [-0.4, -0.2) is 25.5 Å². The highest BCUT2D eigenvalue weighted by Gasteiger charge is 2.21. The predicted molar refractivity (Wildman–Crippen MR) is 110 cm³/mol. The maximum atomic E-state index is 10.7. The standard InChI is InChI=1S/C20H14N4O2S2/c1-12(27-20-24-23-18(26-20)13-7-3-2-4-8-13)17(25)14(11-21)19-22-15-9-5-6-10-16(15)28-19/h2-10,12,25H,1H3/b17-14-. The Labute approximate surface area is 169 Å². The first kappa shape index (κ1) is 18.2. The summed E-state index contributed by atoms with van der Waals surface area (Å²) in [6.07, 6.45) is 0. The molecule has 8 heteroatoms. The van der Waals surface area contributed by atoms with E-state index in [0.717, 1.165) is 15.8 Å². The van der Waals surface area contributed by atoms with Crippen molar-refractivity contribution < 1.29 is 9.52 Å². The fourth-order valence-corrected chi connectivity index (χ4v) is 4.28. The Kier molecular flexibility index (Phi) is 5.10. The number of nitrogens with zero attached hydrogens (tertiary/aromatic N) is 4. The van der Waals surface area contributed by atoms with Crippen LogP contribution in [0.25, 0.3) is 27.2 Å². The van der Waals surface area contributed by atoms with Crippen LogP contribution in [-0.2, 0) is 0 Å². The van der Waals surface area contributed by atoms with Crippen LogP contribution >= 0.6 is 23.1 Å². The van der Waals surface area contributed by atoms with E-state index in [2.05, 4.69) is 21.3 Å². The SMILES string of the molecule is CC(Sc1nnc(-c2ccccc2)o1)/C(O)=C(\C#N)c1nc2ccccc2s1. The zero-order valence-electron chi connectivity index (χ0n) is 14.7.